The highest BCUT2D eigenvalue weighted by Gasteiger charge is 2.14. The molecule has 3 aromatic rings. The van der Waals surface area contributed by atoms with Gasteiger partial charge in [-0.3, -0.25) is 9.36 Å². The molecule has 6 nitrogen and oxygen atoms in total. The van der Waals surface area contributed by atoms with Crippen LogP contribution in [0.1, 0.15) is 5.56 Å². The molecule has 0 aliphatic heterocycles. The minimum Gasteiger partial charge on any atom is -0.497 e. The van der Waals surface area contributed by atoms with Crippen molar-refractivity contribution in [3.63, 3.8) is 0 Å². The predicted octanol–water partition coefficient (Wildman–Crippen LogP) is 3.68. The van der Waals surface area contributed by atoms with Crippen LogP contribution in [0.3, 0.4) is 0 Å². The smallest absolute Gasteiger partial charge is 0.233 e. The van der Waals surface area contributed by atoms with Crippen LogP contribution in [-0.4, -0.2) is 45.5 Å². The molecule has 0 bridgehead atoms. The molecule has 0 aliphatic carbocycles. The van der Waals surface area contributed by atoms with Gasteiger partial charge in [0.2, 0.25) is 5.91 Å². The molecule has 1 amide bonds. The van der Waals surface area contributed by atoms with E-state index in [1.54, 1.807) is 31.5 Å². The molecule has 27 heavy (non-hydrogen) atoms. The highest BCUT2D eigenvalue weighted by Crippen LogP contribution is 2.22. The summed E-state index contributed by atoms with van der Waals surface area (Å²) in [7, 11) is 3.41. The fourth-order valence-electron chi connectivity index (χ4n) is 2.50. The average molecular weight is 403 g/mol. The Hall–Kier alpha value is -2.51. The Morgan fingerprint density at radius 1 is 1.26 bits per heavy atom. The maximum atomic E-state index is 12.5. The van der Waals surface area contributed by atoms with Crippen molar-refractivity contribution in [1.29, 1.82) is 0 Å². The highest BCUT2D eigenvalue weighted by molar-refractivity contribution is 7.99. The van der Waals surface area contributed by atoms with Crippen LogP contribution >= 0.6 is 23.4 Å². The van der Waals surface area contributed by atoms with E-state index in [9.17, 15) is 4.79 Å². The molecule has 0 N–H and O–H groups in total. The van der Waals surface area contributed by atoms with Gasteiger partial charge < -0.3 is 9.64 Å². The number of hydrogen-bond acceptors (Lipinski definition) is 5. The zero-order chi connectivity index (χ0) is 19.2. The molecular formula is C19H19ClN4O2S. The van der Waals surface area contributed by atoms with E-state index in [4.69, 9.17) is 16.3 Å². The van der Waals surface area contributed by atoms with Gasteiger partial charge in [-0.15, -0.1) is 10.2 Å². The van der Waals surface area contributed by atoms with Crippen LogP contribution in [0.15, 0.2) is 60.0 Å². The lowest BCUT2D eigenvalue weighted by atomic mass is 10.2. The van der Waals surface area contributed by atoms with E-state index in [0.717, 1.165) is 17.0 Å². The quantitative estimate of drug-likeness (QED) is 0.564. The van der Waals surface area contributed by atoms with E-state index in [0.29, 0.717) is 16.7 Å². The van der Waals surface area contributed by atoms with Crippen LogP contribution in [0.2, 0.25) is 5.02 Å². The molecule has 0 fully saturated rings. The van der Waals surface area contributed by atoms with Crippen molar-refractivity contribution < 1.29 is 9.53 Å². The van der Waals surface area contributed by atoms with E-state index in [1.165, 1.54) is 11.8 Å². The number of aromatic nitrogens is 3. The maximum absolute atomic E-state index is 12.5. The molecule has 8 heteroatoms. The number of amides is 1. The summed E-state index contributed by atoms with van der Waals surface area (Å²) in [6.07, 6.45) is 1.61. The molecule has 0 spiro atoms. The first-order chi connectivity index (χ1) is 13.1. The van der Waals surface area contributed by atoms with Crippen LogP contribution in [0.25, 0.3) is 5.69 Å². The Morgan fingerprint density at radius 2 is 2.07 bits per heavy atom. The van der Waals surface area contributed by atoms with Gasteiger partial charge in [-0.2, -0.15) is 0 Å². The summed E-state index contributed by atoms with van der Waals surface area (Å²) in [5.74, 6) is 1.04. The van der Waals surface area contributed by atoms with Gasteiger partial charge in [-0.1, -0.05) is 41.6 Å². The average Bonchev–Trinajstić information content (AvgIpc) is 3.15. The lowest BCUT2D eigenvalue weighted by Gasteiger charge is -2.17. The van der Waals surface area contributed by atoms with E-state index < -0.39 is 0 Å². The topological polar surface area (TPSA) is 60.2 Å². The van der Waals surface area contributed by atoms with E-state index >= 15 is 0 Å². The number of ether oxygens (including phenoxy) is 1. The van der Waals surface area contributed by atoms with Crippen LogP contribution in [0, 0.1) is 0 Å². The van der Waals surface area contributed by atoms with Gasteiger partial charge in [0.05, 0.1) is 18.6 Å². The predicted molar refractivity (Wildman–Crippen MR) is 107 cm³/mol. The van der Waals surface area contributed by atoms with E-state index in [1.807, 2.05) is 47.0 Å². The van der Waals surface area contributed by atoms with Gasteiger partial charge in [0.1, 0.15) is 12.1 Å². The molecule has 1 heterocycles. The van der Waals surface area contributed by atoms with Gasteiger partial charge in [0, 0.05) is 18.6 Å². The molecule has 1 aromatic heterocycles. The molecule has 0 saturated carbocycles. The molecule has 2 aromatic carbocycles. The summed E-state index contributed by atoms with van der Waals surface area (Å²) in [6, 6.07) is 15.1. The number of halogens is 1. The first-order valence-electron chi connectivity index (χ1n) is 8.22. The van der Waals surface area contributed by atoms with Gasteiger partial charge in [0.25, 0.3) is 0 Å². The summed E-state index contributed by atoms with van der Waals surface area (Å²) in [6.45, 7) is 0.511. The normalized spacial score (nSPS) is 10.6. The molecule has 140 valence electrons. The number of carbonyl (C=O) groups excluding carboxylic acids is 1. The zero-order valence-corrected chi connectivity index (χ0v) is 16.6. The number of benzene rings is 2. The van der Waals surface area contributed by atoms with Crippen LogP contribution in [0.5, 0.6) is 5.75 Å². The Balaban J connectivity index is 1.61. The lowest BCUT2D eigenvalue weighted by molar-refractivity contribution is -0.127. The maximum Gasteiger partial charge on any atom is 0.233 e. The van der Waals surface area contributed by atoms with Crippen LogP contribution < -0.4 is 4.74 Å². The van der Waals surface area contributed by atoms with Gasteiger partial charge in [-0.25, -0.2) is 0 Å². The number of thioether (sulfide) groups is 1. The van der Waals surface area contributed by atoms with Crippen molar-refractivity contribution in [1.82, 2.24) is 19.7 Å². The third-order valence-electron chi connectivity index (χ3n) is 3.91. The van der Waals surface area contributed by atoms with E-state index in [2.05, 4.69) is 10.2 Å². The van der Waals surface area contributed by atoms with Crippen molar-refractivity contribution in [3.05, 3.63) is 65.4 Å². The van der Waals surface area contributed by atoms with Crippen molar-refractivity contribution in [2.75, 3.05) is 19.9 Å². The number of nitrogens with zero attached hydrogens (tertiary/aromatic N) is 4. The highest BCUT2D eigenvalue weighted by atomic mass is 35.5. The SMILES string of the molecule is COc1cccc(CN(C)C(=O)CSc2nncn2-c2cccc(Cl)c2)c1. The molecular weight excluding hydrogens is 384 g/mol. The Kier molecular flexibility index (Phi) is 6.36. The van der Waals surface area contributed by atoms with Crippen molar-refractivity contribution in [2.45, 2.75) is 11.7 Å². The fraction of sp³-hybridized carbons (Fsp3) is 0.211. The minimum absolute atomic E-state index is 0.00321. The molecule has 0 aliphatic rings. The standard InChI is InChI=1S/C19H19ClN4O2S/c1-23(11-14-5-3-8-17(9-14)26-2)18(25)12-27-19-22-21-13-24(19)16-7-4-6-15(20)10-16/h3-10,13H,11-12H2,1-2H3. The second-order valence-corrected chi connectivity index (χ2v) is 7.23. The zero-order valence-electron chi connectivity index (χ0n) is 15.0. The summed E-state index contributed by atoms with van der Waals surface area (Å²) in [4.78, 5) is 14.2. The van der Waals surface area contributed by atoms with Gasteiger partial charge in [-0.05, 0) is 35.9 Å². The fourth-order valence-corrected chi connectivity index (χ4v) is 3.55. The largest absolute Gasteiger partial charge is 0.497 e. The van der Waals surface area contributed by atoms with Gasteiger partial charge in [0.15, 0.2) is 5.16 Å². The van der Waals surface area contributed by atoms with Crippen molar-refractivity contribution in [2.24, 2.45) is 0 Å². The second kappa shape index (κ2) is 8.92. The third kappa shape index (κ3) is 5.02. The van der Waals surface area contributed by atoms with Gasteiger partial charge >= 0.3 is 0 Å². The summed E-state index contributed by atoms with van der Waals surface area (Å²) >= 11 is 7.39. The molecule has 0 radical (unpaired) electrons. The van der Waals surface area contributed by atoms with Crippen LogP contribution in [0.4, 0.5) is 0 Å². The van der Waals surface area contributed by atoms with Crippen molar-refractivity contribution in [3.8, 4) is 11.4 Å². The van der Waals surface area contributed by atoms with Crippen molar-refractivity contribution >= 4 is 29.3 Å². The summed E-state index contributed by atoms with van der Waals surface area (Å²) in [5.41, 5.74) is 1.87. The lowest BCUT2D eigenvalue weighted by Crippen LogP contribution is -2.27. The minimum atomic E-state index is 0.00321. The Labute approximate surface area is 167 Å². The summed E-state index contributed by atoms with van der Waals surface area (Å²) < 4.78 is 7.03. The number of rotatable bonds is 7. The molecule has 0 unspecified atom stereocenters. The third-order valence-corrected chi connectivity index (χ3v) is 5.07. The molecule has 0 saturated heterocycles. The summed E-state index contributed by atoms with van der Waals surface area (Å²) in [5, 5.41) is 9.32. The molecule has 0 atom stereocenters. The first kappa shape index (κ1) is 19.3. The Bertz CT molecular complexity index is 931. The van der Waals surface area contributed by atoms with E-state index in [-0.39, 0.29) is 11.7 Å². The number of hydrogen-bond donors (Lipinski definition) is 0. The first-order valence-corrected chi connectivity index (χ1v) is 9.59. The second-order valence-electron chi connectivity index (χ2n) is 5.85. The monoisotopic (exact) mass is 402 g/mol. The number of methoxy groups -OCH3 is 1. The number of carbonyl (C=O) groups is 1. The molecule has 3 rings (SSSR count). The van der Waals surface area contributed by atoms with Crippen LogP contribution in [-0.2, 0) is 11.3 Å². The Morgan fingerprint density at radius 3 is 2.85 bits per heavy atom.